The molecule has 0 atom stereocenters. The summed E-state index contributed by atoms with van der Waals surface area (Å²) in [6.45, 7) is 5.94. The van der Waals surface area contributed by atoms with Gasteiger partial charge in [0.1, 0.15) is 17.2 Å². The van der Waals surface area contributed by atoms with E-state index < -0.39 is 0 Å². The van der Waals surface area contributed by atoms with E-state index in [1.54, 1.807) is 14.2 Å². The standard InChI is InChI=1S/C22H28N2O4/c1-17-4-7-19(8-5-17)28-16-22(25)24-12-10-23(11-13-24)15-18-6-9-20(26-2)14-21(18)27-3/h4-9,14H,10-13,15-16H2,1-3H3. The zero-order valence-electron chi connectivity index (χ0n) is 16.8. The van der Waals surface area contributed by atoms with Crippen LogP contribution in [-0.4, -0.2) is 62.7 Å². The highest BCUT2D eigenvalue weighted by Gasteiger charge is 2.22. The molecule has 0 spiro atoms. The van der Waals surface area contributed by atoms with Gasteiger partial charge in [0.2, 0.25) is 0 Å². The second-order valence-corrected chi connectivity index (χ2v) is 6.94. The van der Waals surface area contributed by atoms with Crippen LogP contribution in [0.3, 0.4) is 0 Å². The number of hydrogen-bond donors (Lipinski definition) is 0. The number of hydrogen-bond acceptors (Lipinski definition) is 5. The fourth-order valence-corrected chi connectivity index (χ4v) is 3.25. The van der Waals surface area contributed by atoms with Gasteiger partial charge in [-0.05, 0) is 25.1 Å². The van der Waals surface area contributed by atoms with Gasteiger partial charge in [0, 0.05) is 44.4 Å². The molecular weight excluding hydrogens is 356 g/mol. The number of methoxy groups -OCH3 is 2. The van der Waals surface area contributed by atoms with Crippen molar-refractivity contribution in [2.75, 3.05) is 47.0 Å². The Morgan fingerprint density at radius 2 is 1.61 bits per heavy atom. The molecule has 3 rings (SSSR count). The number of nitrogens with zero attached hydrogens (tertiary/aromatic N) is 2. The number of benzene rings is 2. The fraction of sp³-hybridized carbons (Fsp3) is 0.409. The highest BCUT2D eigenvalue weighted by Crippen LogP contribution is 2.26. The van der Waals surface area contributed by atoms with E-state index >= 15 is 0 Å². The van der Waals surface area contributed by atoms with Crippen LogP contribution in [0.2, 0.25) is 0 Å². The van der Waals surface area contributed by atoms with Crippen LogP contribution in [0.15, 0.2) is 42.5 Å². The maximum absolute atomic E-state index is 12.4. The minimum absolute atomic E-state index is 0.0299. The first-order valence-electron chi connectivity index (χ1n) is 9.49. The summed E-state index contributed by atoms with van der Waals surface area (Å²) in [4.78, 5) is 16.6. The second kappa shape index (κ2) is 9.46. The molecule has 0 saturated carbocycles. The molecule has 1 aliphatic rings. The van der Waals surface area contributed by atoms with Crippen molar-refractivity contribution in [3.8, 4) is 17.2 Å². The third kappa shape index (κ3) is 5.16. The maximum atomic E-state index is 12.4. The first-order chi connectivity index (χ1) is 13.6. The van der Waals surface area contributed by atoms with Gasteiger partial charge >= 0.3 is 0 Å². The fourth-order valence-electron chi connectivity index (χ4n) is 3.25. The molecule has 6 nitrogen and oxygen atoms in total. The van der Waals surface area contributed by atoms with Gasteiger partial charge in [-0.2, -0.15) is 0 Å². The molecule has 2 aromatic rings. The lowest BCUT2D eigenvalue weighted by molar-refractivity contribution is -0.135. The van der Waals surface area contributed by atoms with E-state index in [-0.39, 0.29) is 12.5 Å². The van der Waals surface area contributed by atoms with Crippen LogP contribution in [0.1, 0.15) is 11.1 Å². The van der Waals surface area contributed by atoms with E-state index in [0.29, 0.717) is 13.1 Å². The lowest BCUT2D eigenvalue weighted by Crippen LogP contribution is -2.49. The quantitative estimate of drug-likeness (QED) is 0.735. The average Bonchev–Trinajstić information content (AvgIpc) is 2.74. The molecule has 1 heterocycles. The number of aryl methyl sites for hydroxylation is 1. The molecule has 0 aromatic heterocycles. The van der Waals surface area contributed by atoms with Crippen molar-refractivity contribution in [3.63, 3.8) is 0 Å². The van der Waals surface area contributed by atoms with Gasteiger partial charge < -0.3 is 19.1 Å². The second-order valence-electron chi connectivity index (χ2n) is 6.94. The van der Waals surface area contributed by atoms with E-state index in [4.69, 9.17) is 14.2 Å². The molecule has 6 heteroatoms. The van der Waals surface area contributed by atoms with Crippen molar-refractivity contribution in [2.45, 2.75) is 13.5 Å². The maximum Gasteiger partial charge on any atom is 0.260 e. The van der Waals surface area contributed by atoms with Crippen LogP contribution < -0.4 is 14.2 Å². The molecule has 150 valence electrons. The van der Waals surface area contributed by atoms with Gasteiger partial charge in [-0.3, -0.25) is 9.69 Å². The lowest BCUT2D eigenvalue weighted by atomic mass is 10.1. The minimum atomic E-state index is 0.0299. The predicted molar refractivity (Wildman–Crippen MR) is 108 cm³/mol. The van der Waals surface area contributed by atoms with Crippen LogP contribution in [-0.2, 0) is 11.3 Å². The lowest BCUT2D eigenvalue weighted by Gasteiger charge is -2.34. The van der Waals surface area contributed by atoms with Crippen molar-refractivity contribution in [2.24, 2.45) is 0 Å². The summed E-state index contributed by atoms with van der Waals surface area (Å²) in [6, 6.07) is 13.6. The Kier molecular flexibility index (Phi) is 6.76. The molecule has 2 aromatic carbocycles. The van der Waals surface area contributed by atoms with Crippen molar-refractivity contribution >= 4 is 5.91 Å². The van der Waals surface area contributed by atoms with Crippen LogP contribution in [0.5, 0.6) is 17.2 Å². The van der Waals surface area contributed by atoms with E-state index in [2.05, 4.69) is 4.90 Å². The Morgan fingerprint density at radius 1 is 0.929 bits per heavy atom. The molecule has 0 bridgehead atoms. The first-order valence-corrected chi connectivity index (χ1v) is 9.49. The Morgan fingerprint density at radius 3 is 2.25 bits per heavy atom. The Bertz CT molecular complexity index is 784. The molecule has 1 aliphatic heterocycles. The summed E-state index contributed by atoms with van der Waals surface area (Å²) in [6.07, 6.45) is 0. The van der Waals surface area contributed by atoms with Gasteiger partial charge in [-0.1, -0.05) is 23.8 Å². The van der Waals surface area contributed by atoms with Gasteiger partial charge in [0.05, 0.1) is 14.2 Å². The molecule has 0 unspecified atom stereocenters. The molecule has 1 fully saturated rings. The monoisotopic (exact) mass is 384 g/mol. The summed E-state index contributed by atoms with van der Waals surface area (Å²) in [5, 5.41) is 0. The van der Waals surface area contributed by atoms with Crippen LogP contribution in [0.25, 0.3) is 0 Å². The number of ether oxygens (including phenoxy) is 3. The Balaban J connectivity index is 1.47. The molecule has 0 N–H and O–H groups in total. The predicted octanol–water partition coefficient (Wildman–Crippen LogP) is 2.74. The third-order valence-corrected chi connectivity index (χ3v) is 5.00. The molecule has 1 saturated heterocycles. The number of rotatable bonds is 7. The van der Waals surface area contributed by atoms with E-state index in [1.807, 2.05) is 54.3 Å². The Hall–Kier alpha value is -2.73. The van der Waals surface area contributed by atoms with Gasteiger partial charge in [0.15, 0.2) is 6.61 Å². The Labute approximate surface area is 166 Å². The van der Waals surface area contributed by atoms with Crippen molar-refractivity contribution < 1.29 is 19.0 Å². The minimum Gasteiger partial charge on any atom is -0.497 e. The first kappa shape index (κ1) is 20.0. The highest BCUT2D eigenvalue weighted by atomic mass is 16.5. The number of amides is 1. The summed E-state index contributed by atoms with van der Waals surface area (Å²) in [5.41, 5.74) is 2.29. The van der Waals surface area contributed by atoms with Crippen LogP contribution in [0, 0.1) is 6.92 Å². The third-order valence-electron chi connectivity index (χ3n) is 5.00. The molecular formula is C22H28N2O4. The normalized spacial score (nSPS) is 14.6. The zero-order chi connectivity index (χ0) is 19.9. The molecule has 28 heavy (non-hydrogen) atoms. The number of piperazine rings is 1. The summed E-state index contributed by atoms with van der Waals surface area (Å²) >= 11 is 0. The zero-order valence-corrected chi connectivity index (χ0v) is 16.8. The van der Waals surface area contributed by atoms with Crippen molar-refractivity contribution in [3.05, 3.63) is 53.6 Å². The van der Waals surface area contributed by atoms with Gasteiger partial charge in [0.25, 0.3) is 5.91 Å². The van der Waals surface area contributed by atoms with Crippen molar-refractivity contribution in [1.82, 2.24) is 9.80 Å². The van der Waals surface area contributed by atoms with Crippen LogP contribution >= 0.6 is 0 Å². The van der Waals surface area contributed by atoms with Gasteiger partial charge in [-0.15, -0.1) is 0 Å². The van der Waals surface area contributed by atoms with Crippen molar-refractivity contribution in [1.29, 1.82) is 0 Å². The van der Waals surface area contributed by atoms with Crippen LogP contribution in [0.4, 0.5) is 0 Å². The largest absolute Gasteiger partial charge is 0.497 e. The smallest absolute Gasteiger partial charge is 0.260 e. The molecule has 0 aliphatic carbocycles. The highest BCUT2D eigenvalue weighted by molar-refractivity contribution is 5.77. The van der Waals surface area contributed by atoms with Gasteiger partial charge in [-0.25, -0.2) is 0 Å². The molecule has 0 radical (unpaired) electrons. The summed E-state index contributed by atoms with van der Waals surface area (Å²) in [5.74, 6) is 2.36. The average molecular weight is 384 g/mol. The SMILES string of the molecule is COc1ccc(CN2CCN(C(=O)COc3ccc(C)cc3)CC2)c(OC)c1. The van der Waals surface area contributed by atoms with E-state index in [9.17, 15) is 4.79 Å². The van der Waals surface area contributed by atoms with E-state index in [1.165, 1.54) is 5.56 Å². The topological polar surface area (TPSA) is 51.2 Å². The summed E-state index contributed by atoms with van der Waals surface area (Å²) < 4.78 is 16.4. The van der Waals surface area contributed by atoms with E-state index in [0.717, 1.165) is 42.4 Å². The molecule has 1 amide bonds. The number of carbonyl (C=O) groups excluding carboxylic acids is 1. The number of carbonyl (C=O) groups is 1. The summed E-state index contributed by atoms with van der Waals surface area (Å²) in [7, 11) is 3.32.